The summed E-state index contributed by atoms with van der Waals surface area (Å²) in [6, 6.07) is 5.22. The SMILES string of the molecule is Cc1cccn2c(=O)cc(OCC(=O)NC3CCCCC3)nc12. The van der Waals surface area contributed by atoms with Crippen LogP contribution < -0.4 is 15.6 Å². The zero-order valence-corrected chi connectivity index (χ0v) is 13.2. The van der Waals surface area contributed by atoms with Crippen molar-refractivity contribution in [2.45, 2.75) is 45.1 Å². The molecule has 6 heteroatoms. The fourth-order valence-electron chi connectivity index (χ4n) is 2.97. The van der Waals surface area contributed by atoms with Crippen LogP contribution in [0.25, 0.3) is 5.65 Å². The maximum atomic E-state index is 12.1. The summed E-state index contributed by atoms with van der Waals surface area (Å²) in [7, 11) is 0. The Hall–Kier alpha value is -2.37. The minimum absolute atomic E-state index is 0.120. The van der Waals surface area contributed by atoms with Crippen LogP contribution in [0.5, 0.6) is 5.88 Å². The molecule has 23 heavy (non-hydrogen) atoms. The minimum atomic E-state index is -0.221. The largest absolute Gasteiger partial charge is 0.467 e. The highest BCUT2D eigenvalue weighted by molar-refractivity contribution is 5.77. The van der Waals surface area contributed by atoms with Gasteiger partial charge in [-0.2, -0.15) is 4.98 Å². The van der Waals surface area contributed by atoms with E-state index >= 15 is 0 Å². The number of ether oxygens (including phenoxy) is 1. The number of nitrogens with one attached hydrogen (secondary N) is 1. The normalized spacial score (nSPS) is 15.5. The van der Waals surface area contributed by atoms with E-state index in [0.29, 0.717) is 5.65 Å². The average Bonchev–Trinajstić information content (AvgIpc) is 2.55. The Kier molecular flexibility index (Phi) is 4.60. The van der Waals surface area contributed by atoms with Crippen LogP contribution in [0.1, 0.15) is 37.7 Å². The van der Waals surface area contributed by atoms with E-state index in [-0.39, 0.29) is 30.0 Å². The summed E-state index contributed by atoms with van der Waals surface area (Å²) < 4.78 is 6.88. The Labute approximate surface area is 134 Å². The van der Waals surface area contributed by atoms with Gasteiger partial charge < -0.3 is 10.1 Å². The van der Waals surface area contributed by atoms with Crippen molar-refractivity contribution in [1.82, 2.24) is 14.7 Å². The van der Waals surface area contributed by atoms with Crippen LogP contribution in [0.3, 0.4) is 0 Å². The predicted octanol–water partition coefficient (Wildman–Crippen LogP) is 1.83. The molecule has 1 N–H and O–H groups in total. The lowest BCUT2D eigenvalue weighted by atomic mass is 9.95. The Morgan fingerprint density at radius 2 is 2.17 bits per heavy atom. The van der Waals surface area contributed by atoms with E-state index in [1.807, 2.05) is 13.0 Å². The number of hydrogen-bond donors (Lipinski definition) is 1. The standard InChI is InChI=1S/C17H21N3O3/c1-12-6-5-9-20-16(22)10-15(19-17(12)20)23-11-14(21)18-13-7-3-2-4-8-13/h5-6,9-10,13H,2-4,7-8,11H2,1H3,(H,18,21). The van der Waals surface area contributed by atoms with Crippen molar-refractivity contribution in [3.05, 3.63) is 40.3 Å². The lowest BCUT2D eigenvalue weighted by Gasteiger charge is -2.22. The van der Waals surface area contributed by atoms with Gasteiger partial charge in [-0.25, -0.2) is 0 Å². The second-order valence-corrected chi connectivity index (χ2v) is 6.01. The molecule has 2 aromatic rings. The van der Waals surface area contributed by atoms with E-state index in [2.05, 4.69) is 10.3 Å². The molecule has 0 atom stereocenters. The van der Waals surface area contributed by atoms with Crippen LogP contribution in [0.2, 0.25) is 0 Å². The number of pyridine rings is 1. The molecule has 0 radical (unpaired) electrons. The number of rotatable bonds is 4. The summed E-state index contributed by atoms with van der Waals surface area (Å²) >= 11 is 0. The summed E-state index contributed by atoms with van der Waals surface area (Å²) in [6.07, 6.45) is 7.29. The maximum Gasteiger partial charge on any atom is 0.261 e. The number of carbonyl (C=O) groups excluding carboxylic acids is 1. The van der Waals surface area contributed by atoms with E-state index in [1.54, 1.807) is 12.3 Å². The molecule has 3 rings (SSSR count). The molecule has 0 aromatic carbocycles. The van der Waals surface area contributed by atoms with E-state index in [0.717, 1.165) is 31.2 Å². The van der Waals surface area contributed by atoms with Crippen LogP contribution in [0.15, 0.2) is 29.2 Å². The number of aryl methyl sites for hydroxylation is 1. The first-order valence-corrected chi connectivity index (χ1v) is 8.05. The predicted molar refractivity (Wildman–Crippen MR) is 86.7 cm³/mol. The fraction of sp³-hybridized carbons (Fsp3) is 0.471. The third-order valence-corrected chi connectivity index (χ3v) is 4.18. The van der Waals surface area contributed by atoms with Gasteiger partial charge in [-0.15, -0.1) is 0 Å². The Morgan fingerprint density at radius 1 is 1.39 bits per heavy atom. The molecular formula is C17H21N3O3. The molecule has 0 bridgehead atoms. The number of amides is 1. The van der Waals surface area contributed by atoms with Gasteiger partial charge in [-0.1, -0.05) is 25.3 Å². The fourth-order valence-corrected chi connectivity index (χ4v) is 2.97. The van der Waals surface area contributed by atoms with E-state index in [4.69, 9.17) is 4.74 Å². The van der Waals surface area contributed by atoms with Crippen molar-refractivity contribution in [3.8, 4) is 5.88 Å². The molecule has 122 valence electrons. The second kappa shape index (κ2) is 6.81. The van der Waals surface area contributed by atoms with Crippen molar-refractivity contribution < 1.29 is 9.53 Å². The molecule has 0 unspecified atom stereocenters. The van der Waals surface area contributed by atoms with Gasteiger partial charge in [0.1, 0.15) is 5.65 Å². The Balaban J connectivity index is 1.66. The van der Waals surface area contributed by atoms with Crippen molar-refractivity contribution in [2.75, 3.05) is 6.61 Å². The molecule has 6 nitrogen and oxygen atoms in total. The van der Waals surface area contributed by atoms with Gasteiger partial charge in [0.05, 0.1) is 6.07 Å². The third kappa shape index (κ3) is 3.70. The van der Waals surface area contributed by atoms with Gasteiger partial charge in [-0.3, -0.25) is 14.0 Å². The molecule has 1 amide bonds. The van der Waals surface area contributed by atoms with Crippen LogP contribution in [-0.2, 0) is 4.79 Å². The molecule has 1 fully saturated rings. The second-order valence-electron chi connectivity index (χ2n) is 6.01. The smallest absolute Gasteiger partial charge is 0.261 e. The highest BCUT2D eigenvalue weighted by Gasteiger charge is 2.16. The monoisotopic (exact) mass is 315 g/mol. The first-order valence-electron chi connectivity index (χ1n) is 8.05. The van der Waals surface area contributed by atoms with Crippen LogP contribution in [0, 0.1) is 6.92 Å². The summed E-state index contributed by atoms with van der Waals surface area (Å²) in [6.45, 7) is 1.76. The Bertz CT molecular complexity index is 763. The van der Waals surface area contributed by atoms with E-state index in [9.17, 15) is 9.59 Å². The molecule has 1 aliphatic carbocycles. The first-order chi connectivity index (χ1) is 11.1. The molecule has 0 aliphatic heterocycles. The molecule has 0 spiro atoms. The van der Waals surface area contributed by atoms with E-state index in [1.165, 1.54) is 16.9 Å². The van der Waals surface area contributed by atoms with Gasteiger partial charge in [0.2, 0.25) is 5.88 Å². The quantitative estimate of drug-likeness (QED) is 0.934. The van der Waals surface area contributed by atoms with Crippen molar-refractivity contribution in [3.63, 3.8) is 0 Å². The van der Waals surface area contributed by atoms with Gasteiger partial charge in [-0.05, 0) is 31.4 Å². The number of hydrogen-bond acceptors (Lipinski definition) is 4. The maximum absolute atomic E-state index is 12.1. The molecule has 2 aromatic heterocycles. The van der Waals surface area contributed by atoms with Crippen LogP contribution in [-0.4, -0.2) is 27.9 Å². The van der Waals surface area contributed by atoms with Gasteiger partial charge in [0.25, 0.3) is 11.5 Å². The summed E-state index contributed by atoms with van der Waals surface area (Å²) in [4.78, 5) is 28.3. The topological polar surface area (TPSA) is 72.7 Å². The number of aromatic nitrogens is 2. The lowest BCUT2D eigenvalue weighted by molar-refractivity contribution is -0.124. The third-order valence-electron chi connectivity index (χ3n) is 4.18. The average molecular weight is 315 g/mol. The summed E-state index contributed by atoms with van der Waals surface area (Å²) in [5.74, 6) is 0.0202. The summed E-state index contributed by atoms with van der Waals surface area (Å²) in [5, 5.41) is 2.98. The molecule has 2 heterocycles. The first kappa shape index (κ1) is 15.5. The number of nitrogens with zero attached hydrogens (tertiary/aromatic N) is 2. The highest BCUT2D eigenvalue weighted by atomic mass is 16.5. The van der Waals surface area contributed by atoms with Crippen molar-refractivity contribution in [1.29, 1.82) is 0 Å². The van der Waals surface area contributed by atoms with Gasteiger partial charge >= 0.3 is 0 Å². The van der Waals surface area contributed by atoms with Crippen molar-refractivity contribution >= 4 is 11.6 Å². The number of carbonyl (C=O) groups is 1. The Morgan fingerprint density at radius 3 is 2.96 bits per heavy atom. The molecule has 1 aliphatic rings. The highest BCUT2D eigenvalue weighted by Crippen LogP contribution is 2.17. The zero-order valence-electron chi connectivity index (χ0n) is 13.2. The minimum Gasteiger partial charge on any atom is -0.467 e. The van der Waals surface area contributed by atoms with E-state index < -0.39 is 0 Å². The summed E-state index contributed by atoms with van der Waals surface area (Å²) in [5.41, 5.74) is 1.20. The molecular weight excluding hydrogens is 294 g/mol. The number of fused-ring (bicyclic) bond motifs is 1. The van der Waals surface area contributed by atoms with Crippen LogP contribution in [0.4, 0.5) is 0 Å². The van der Waals surface area contributed by atoms with Gasteiger partial charge in [0.15, 0.2) is 6.61 Å². The molecule has 1 saturated carbocycles. The van der Waals surface area contributed by atoms with Crippen molar-refractivity contribution in [2.24, 2.45) is 0 Å². The molecule has 0 saturated heterocycles. The lowest BCUT2D eigenvalue weighted by Crippen LogP contribution is -2.39. The van der Waals surface area contributed by atoms with Crippen LogP contribution >= 0.6 is 0 Å². The van der Waals surface area contributed by atoms with Gasteiger partial charge in [0, 0.05) is 12.2 Å². The zero-order chi connectivity index (χ0) is 16.2.